The number of rotatable bonds is 2. The van der Waals surface area contributed by atoms with E-state index in [1.807, 2.05) is 6.33 Å². The fourth-order valence-corrected chi connectivity index (χ4v) is 2.83. The van der Waals surface area contributed by atoms with Gasteiger partial charge in [-0.25, -0.2) is 0 Å². The molecule has 4 nitrogen and oxygen atoms in total. The Hall–Kier alpha value is -0.900. The van der Waals surface area contributed by atoms with Crippen molar-refractivity contribution in [2.75, 3.05) is 0 Å². The van der Waals surface area contributed by atoms with Gasteiger partial charge in [0, 0.05) is 6.04 Å². The van der Waals surface area contributed by atoms with E-state index in [1.165, 1.54) is 32.1 Å². The van der Waals surface area contributed by atoms with Gasteiger partial charge in [-0.15, -0.1) is 10.2 Å². The maximum absolute atomic E-state index is 6.31. The molecule has 2 fully saturated rings. The molecule has 0 aromatic carbocycles. The van der Waals surface area contributed by atoms with Gasteiger partial charge in [0.25, 0.3) is 0 Å². The molecule has 0 saturated heterocycles. The van der Waals surface area contributed by atoms with E-state index in [0.717, 1.165) is 18.7 Å². The maximum Gasteiger partial charge on any atom is 0.153 e. The van der Waals surface area contributed by atoms with Crippen molar-refractivity contribution < 1.29 is 0 Å². The van der Waals surface area contributed by atoms with Gasteiger partial charge in [0.05, 0.1) is 5.54 Å². The predicted molar refractivity (Wildman–Crippen MR) is 57.2 cm³/mol. The molecular formula is C11H18N4. The smallest absolute Gasteiger partial charge is 0.153 e. The van der Waals surface area contributed by atoms with Crippen molar-refractivity contribution in [1.29, 1.82) is 0 Å². The van der Waals surface area contributed by atoms with Crippen molar-refractivity contribution in [3.05, 3.63) is 12.2 Å². The fraction of sp³-hybridized carbons (Fsp3) is 0.818. The summed E-state index contributed by atoms with van der Waals surface area (Å²) in [6.45, 7) is 0. The summed E-state index contributed by atoms with van der Waals surface area (Å²) in [7, 11) is 0. The lowest BCUT2D eigenvalue weighted by molar-refractivity contribution is 0.224. The second-order valence-corrected chi connectivity index (χ2v) is 5.01. The van der Waals surface area contributed by atoms with Gasteiger partial charge in [-0.1, -0.05) is 12.8 Å². The number of aromatic nitrogens is 3. The number of hydrogen-bond donors (Lipinski definition) is 1. The van der Waals surface area contributed by atoms with E-state index in [-0.39, 0.29) is 5.54 Å². The minimum Gasteiger partial charge on any atom is -0.319 e. The lowest BCUT2D eigenvalue weighted by Gasteiger charge is -2.37. The normalized spacial score (nSPS) is 25.4. The Kier molecular flexibility index (Phi) is 2.06. The van der Waals surface area contributed by atoms with Crippen LogP contribution in [0.25, 0.3) is 0 Å². The fourth-order valence-electron chi connectivity index (χ4n) is 2.83. The zero-order chi connectivity index (χ0) is 10.3. The van der Waals surface area contributed by atoms with Crippen LogP contribution >= 0.6 is 0 Å². The highest BCUT2D eigenvalue weighted by Crippen LogP contribution is 2.40. The standard InChI is InChI=1S/C11H18N4/c12-11(6-3-7-11)10-14-13-8-15(10)9-4-1-2-5-9/h8-9H,1-7,12H2. The van der Waals surface area contributed by atoms with Crippen molar-refractivity contribution in [3.63, 3.8) is 0 Å². The molecule has 15 heavy (non-hydrogen) atoms. The summed E-state index contributed by atoms with van der Waals surface area (Å²) in [5, 5.41) is 8.29. The van der Waals surface area contributed by atoms with Crippen LogP contribution < -0.4 is 5.73 Å². The summed E-state index contributed by atoms with van der Waals surface area (Å²) in [5.41, 5.74) is 6.15. The molecule has 2 N–H and O–H groups in total. The quantitative estimate of drug-likeness (QED) is 0.801. The van der Waals surface area contributed by atoms with Crippen LogP contribution in [0.2, 0.25) is 0 Å². The van der Waals surface area contributed by atoms with Gasteiger partial charge >= 0.3 is 0 Å². The van der Waals surface area contributed by atoms with Gasteiger partial charge in [0.2, 0.25) is 0 Å². The average Bonchev–Trinajstić information content (AvgIpc) is 2.83. The first-order valence-electron chi connectivity index (χ1n) is 5.98. The van der Waals surface area contributed by atoms with Crippen LogP contribution in [0.3, 0.4) is 0 Å². The van der Waals surface area contributed by atoms with Crippen LogP contribution in [0.1, 0.15) is 56.8 Å². The third kappa shape index (κ3) is 1.39. The second kappa shape index (κ2) is 3.30. The SMILES string of the molecule is NC1(c2nncn2C2CCCC2)CCC1. The second-order valence-electron chi connectivity index (χ2n) is 5.01. The monoisotopic (exact) mass is 206 g/mol. The molecule has 2 aliphatic carbocycles. The Morgan fingerprint density at radius 3 is 2.60 bits per heavy atom. The molecule has 0 spiro atoms. The number of hydrogen-bond acceptors (Lipinski definition) is 3. The Morgan fingerprint density at radius 2 is 2.00 bits per heavy atom. The molecular weight excluding hydrogens is 188 g/mol. The minimum atomic E-state index is -0.168. The topological polar surface area (TPSA) is 56.7 Å². The Labute approximate surface area is 89.9 Å². The third-order valence-electron chi connectivity index (χ3n) is 3.98. The van der Waals surface area contributed by atoms with Crippen molar-refractivity contribution in [2.24, 2.45) is 5.73 Å². The first-order valence-corrected chi connectivity index (χ1v) is 5.98. The molecule has 0 unspecified atom stereocenters. The molecule has 1 heterocycles. The zero-order valence-corrected chi connectivity index (χ0v) is 9.02. The van der Waals surface area contributed by atoms with Gasteiger partial charge in [0.15, 0.2) is 5.82 Å². The lowest BCUT2D eigenvalue weighted by Crippen LogP contribution is -2.45. The van der Waals surface area contributed by atoms with E-state index < -0.39 is 0 Å². The summed E-state index contributed by atoms with van der Waals surface area (Å²) in [6, 6.07) is 0.607. The molecule has 2 aliphatic rings. The highest BCUT2D eigenvalue weighted by Gasteiger charge is 2.40. The highest BCUT2D eigenvalue weighted by atomic mass is 15.3. The van der Waals surface area contributed by atoms with E-state index in [2.05, 4.69) is 14.8 Å². The molecule has 0 atom stereocenters. The Balaban J connectivity index is 1.91. The summed E-state index contributed by atoms with van der Waals surface area (Å²) < 4.78 is 2.24. The van der Waals surface area contributed by atoms with Gasteiger partial charge in [-0.05, 0) is 32.1 Å². The molecule has 1 aromatic rings. The van der Waals surface area contributed by atoms with Gasteiger partial charge in [-0.3, -0.25) is 0 Å². The molecule has 1 aromatic heterocycles. The van der Waals surface area contributed by atoms with E-state index >= 15 is 0 Å². The van der Waals surface area contributed by atoms with Gasteiger partial charge in [0.1, 0.15) is 6.33 Å². The van der Waals surface area contributed by atoms with Crippen LogP contribution in [-0.2, 0) is 5.54 Å². The molecule has 3 rings (SSSR count). The summed E-state index contributed by atoms with van der Waals surface area (Å²) >= 11 is 0. The van der Waals surface area contributed by atoms with E-state index in [9.17, 15) is 0 Å². The zero-order valence-electron chi connectivity index (χ0n) is 9.02. The number of nitrogens with zero attached hydrogens (tertiary/aromatic N) is 3. The van der Waals surface area contributed by atoms with Crippen molar-refractivity contribution >= 4 is 0 Å². The van der Waals surface area contributed by atoms with Crippen molar-refractivity contribution in [3.8, 4) is 0 Å². The molecule has 82 valence electrons. The van der Waals surface area contributed by atoms with E-state index in [1.54, 1.807) is 0 Å². The summed E-state index contributed by atoms with van der Waals surface area (Å²) in [4.78, 5) is 0. The molecule has 0 bridgehead atoms. The van der Waals surface area contributed by atoms with Crippen LogP contribution in [0.15, 0.2) is 6.33 Å². The largest absolute Gasteiger partial charge is 0.319 e. The van der Waals surface area contributed by atoms with Gasteiger partial charge < -0.3 is 10.3 Å². The molecule has 0 amide bonds. The lowest BCUT2D eigenvalue weighted by atomic mass is 9.77. The predicted octanol–water partition coefficient (Wildman–Crippen LogP) is 1.73. The third-order valence-corrected chi connectivity index (χ3v) is 3.98. The Morgan fingerprint density at radius 1 is 1.27 bits per heavy atom. The van der Waals surface area contributed by atoms with Crippen LogP contribution in [-0.4, -0.2) is 14.8 Å². The van der Waals surface area contributed by atoms with Crippen LogP contribution in [0.5, 0.6) is 0 Å². The summed E-state index contributed by atoms with van der Waals surface area (Å²) in [5.74, 6) is 1.03. The average molecular weight is 206 g/mol. The highest BCUT2D eigenvalue weighted by molar-refractivity contribution is 5.11. The molecule has 0 radical (unpaired) electrons. The molecule has 4 heteroatoms. The molecule has 0 aliphatic heterocycles. The van der Waals surface area contributed by atoms with E-state index in [0.29, 0.717) is 6.04 Å². The van der Waals surface area contributed by atoms with Crippen molar-refractivity contribution in [1.82, 2.24) is 14.8 Å². The van der Waals surface area contributed by atoms with Gasteiger partial charge in [-0.2, -0.15) is 0 Å². The first-order chi connectivity index (χ1) is 7.30. The maximum atomic E-state index is 6.31. The Bertz CT molecular complexity index is 347. The molecule has 2 saturated carbocycles. The van der Waals surface area contributed by atoms with Crippen LogP contribution in [0, 0.1) is 0 Å². The summed E-state index contributed by atoms with van der Waals surface area (Å²) in [6.07, 6.45) is 10.4. The first kappa shape index (κ1) is 9.33. The van der Waals surface area contributed by atoms with Crippen molar-refractivity contribution in [2.45, 2.75) is 56.5 Å². The van der Waals surface area contributed by atoms with E-state index in [4.69, 9.17) is 5.73 Å². The minimum absolute atomic E-state index is 0.168. The number of nitrogens with two attached hydrogens (primary N) is 1. The van der Waals surface area contributed by atoms with Crippen LogP contribution in [0.4, 0.5) is 0 Å².